The summed E-state index contributed by atoms with van der Waals surface area (Å²) in [5, 5.41) is 12.4. The van der Waals surface area contributed by atoms with E-state index in [9.17, 15) is 9.65 Å². The first-order chi connectivity index (χ1) is 9.49. The Bertz CT molecular complexity index is 656. The predicted molar refractivity (Wildman–Crippen MR) is 82.0 cm³/mol. The van der Waals surface area contributed by atoms with Crippen LogP contribution < -0.4 is 5.32 Å². The smallest absolute Gasteiger partial charge is 0.140 e. The van der Waals surface area contributed by atoms with Crippen LogP contribution in [0, 0.1) is 31.0 Å². The van der Waals surface area contributed by atoms with Crippen molar-refractivity contribution in [1.29, 1.82) is 5.26 Å². The lowest BCUT2D eigenvalue weighted by atomic mass is 10.1. The van der Waals surface area contributed by atoms with Crippen LogP contribution in [0.3, 0.4) is 0 Å². The lowest BCUT2D eigenvalue weighted by molar-refractivity contribution is 0.627. The van der Waals surface area contributed by atoms with Crippen molar-refractivity contribution in [3.05, 3.63) is 63.4 Å². The predicted octanol–water partition coefficient (Wildman–Crippen LogP) is 4.88. The molecule has 20 heavy (non-hydrogen) atoms. The highest BCUT2D eigenvalue weighted by molar-refractivity contribution is 9.10. The van der Waals surface area contributed by atoms with Gasteiger partial charge in [-0.25, -0.2) is 4.39 Å². The summed E-state index contributed by atoms with van der Waals surface area (Å²) in [6.07, 6.45) is 0. The fourth-order valence-corrected chi connectivity index (χ4v) is 2.36. The molecule has 1 unspecified atom stereocenters. The molecule has 0 aliphatic carbocycles. The maximum atomic E-state index is 13.4. The number of nitrogens with zero attached hydrogens (tertiary/aromatic N) is 1. The molecule has 0 amide bonds. The monoisotopic (exact) mass is 332 g/mol. The van der Waals surface area contributed by atoms with Crippen LogP contribution in [-0.2, 0) is 0 Å². The van der Waals surface area contributed by atoms with Crippen molar-refractivity contribution in [2.75, 3.05) is 5.32 Å². The molecule has 0 spiro atoms. The molecule has 1 N–H and O–H groups in total. The summed E-state index contributed by atoms with van der Waals surface area (Å²) in [5.41, 5.74) is 3.36. The molecule has 4 heteroatoms. The average molecular weight is 333 g/mol. The fraction of sp³-hybridized carbons (Fsp3) is 0.188. The Morgan fingerprint density at radius 3 is 2.55 bits per heavy atom. The van der Waals surface area contributed by atoms with Crippen molar-refractivity contribution >= 4 is 21.6 Å². The minimum atomic E-state index is -0.520. The van der Waals surface area contributed by atoms with Crippen LogP contribution in [0.15, 0.2) is 40.9 Å². The van der Waals surface area contributed by atoms with Gasteiger partial charge in [-0.2, -0.15) is 5.26 Å². The van der Waals surface area contributed by atoms with Gasteiger partial charge >= 0.3 is 0 Å². The number of nitrogens with one attached hydrogen (secondary N) is 1. The standard InChI is InChI=1S/C16H14BrFN2/c1-10-5-13(18)8-14(6-10)20-16(9-19)12-4-3-11(2)15(17)7-12/h3-8,16,20H,1-2H3. The van der Waals surface area contributed by atoms with Crippen molar-refractivity contribution in [3.8, 4) is 6.07 Å². The number of hydrogen-bond donors (Lipinski definition) is 1. The number of aryl methyl sites for hydroxylation is 2. The summed E-state index contributed by atoms with van der Waals surface area (Å²) in [6.45, 7) is 3.80. The summed E-state index contributed by atoms with van der Waals surface area (Å²) < 4.78 is 14.3. The molecule has 0 fully saturated rings. The highest BCUT2D eigenvalue weighted by Gasteiger charge is 2.12. The molecule has 2 rings (SSSR count). The number of rotatable bonds is 3. The lowest BCUT2D eigenvalue weighted by Gasteiger charge is -2.15. The van der Waals surface area contributed by atoms with Gasteiger partial charge in [0.05, 0.1) is 6.07 Å². The minimum Gasteiger partial charge on any atom is -0.366 e. The largest absolute Gasteiger partial charge is 0.366 e. The minimum absolute atomic E-state index is 0.311. The van der Waals surface area contributed by atoms with Gasteiger partial charge in [0.15, 0.2) is 0 Å². The quantitative estimate of drug-likeness (QED) is 0.869. The maximum Gasteiger partial charge on any atom is 0.140 e. The molecule has 2 aromatic rings. The van der Waals surface area contributed by atoms with Gasteiger partial charge in [0.1, 0.15) is 11.9 Å². The Morgan fingerprint density at radius 1 is 1.20 bits per heavy atom. The second-order valence-electron chi connectivity index (χ2n) is 4.73. The van der Waals surface area contributed by atoms with E-state index >= 15 is 0 Å². The van der Waals surface area contributed by atoms with Gasteiger partial charge in [-0.3, -0.25) is 0 Å². The van der Waals surface area contributed by atoms with Gasteiger partial charge in [-0.15, -0.1) is 0 Å². The highest BCUT2D eigenvalue weighted by atomic mass is 79.9. The van der Waals surface area contributed by atoms with E-state index in [0.717, 1.165) is 21.2 Å². The normalized spacial score (nSPS) is 11.8. The Hall–Kier alpha value is -1.86. The Labute approximate surface area is 126 Å². The average Bonchev–Trinajstić information content (AvgIpc) is 2.38. The fourth-order valence-electron chi connectivity index (χ4n) is 1.97. The van der Waals surface area contributed by atoms with Crippen molar-refractivity contribution in [3.63, 3.8) is 0 Å². The molecule has 0 aliphatic heterocycles. The molecular formula is C16H14BrFN2. The number of hydrogen-bond acceptors (Lipinski definition) is 2. The van der Waals surface area contributed by atoms with Gasteiger partial charge in [-0.05, 0) is 54.8 Å². The summed E-state index contributed by atoms with van der Waals surface area (Å²) >= 11 is 3.46. The van der Waals surface area contributed by atoms with Crippen LogP contribution in [0.2, 0.25) is 0 Å². The first kappa shape index (κ1) is 14.5. The first-order valence-electron chi connectivity index (χ1n) is 6.19. The SMILES string of the molecule is Cc1cc(F)cc(NC(C#N)c2ccc(C)c(Br)c2)c1. The zero-order chi connectivity index (χ0) is 14.7. The van der Waals surface area contributed by atoms with Gasteiger partial charge in [-0.1, -0.05) is 28.1 Å². The maximum absolute atomic E-state index is 13.4. The molecule has 0 aliphatic rings. The van der Waals surface area contributed by atoms with E-state index in [4.69, 9.17) is 0 Å². The third-order valence-electron chi connectivity index (χ3n) is 3.01. The molecular weight excluding hydrogens is 319 g/mol. The number of benzene rings is 2. The molecule has 1 atom stereocenters. The Morgan fingerprint density at radius 2 is 1.95 bits per heavy atom. The van der Waals surface area contributed by atoms with Gasteiger partial charge in [0.2, 0.25) is 0 Å². The third kappa shape index (κ3) is 3.37. The van der Waals surface area contributed by atoms with Gasteiger partial charge in [0, 0.05) is 10.2 Å². The van der Waals surface area contributed by atoms with Crippen molar-refractivity contribution < 1.29 is 4.39 Å². The Kier molecular flexibility index (Phi) is 4.41. The number of nitriles is 1. The molecule has 0 saturated carbocycles. The summed E-state index contributed by atoms with van der Waals surface area (Å²) in [7, 11) is 0. The third-order valence-corrected chi connectivity index (χ3v) is 3.87. The molecule has 0 saturated heterocycles. The van der Waals surface area contributed by atoms with Crippen molar-refractivity contribution in [1.82, 2.24) is 0 Å². The summed E-state index contributed by atoms with van der Waals surface area (Å²) in [6, 6.07) is 12.1. The first-order valence-corrected chi connectivity index (χ1v) is 6.98. The zero-order valence-electron chi connectivity index (χ0n) is 11.2. The Balaban J connectivity index is 2.29. The van der Waals surface area contributed by atoms with Crippen molar-refractivity contribution in [2.24, 2.45) is 0 Å². The second kappa shape index (κ2) is 6.06. The van der Waals surface area contributed by atoms with Crippen molar-refractivity contribution in [2.45, 2.75) is 19.9 Å². The van der Waals surface area contributed by atoms with E-state index in [2.05, 4.69) is 27.3 Å². The lowest BCUT2D eigenvalue weighted by Crippen LogP contribution is -2.09. The zero-order valence-corrected chi connectivity index (χ0v) is 12.8. The second-order valence-corrected chi connectivity index (χ2v) is 5.59. The van der Waals surface area contributed by atoms with Crippen LogP contribution >= 0.6 is 15.9 Å². The molecule has 0 bridgehead atoms. The van der Waals surface area contributed by atoms with Crippen LogP contribution in [0.4, 0.5) is 10.1 Å². The van der Waals surface area contributed by atoms with Crippen LogP contribution in [0.5, 0.6) is 0 Å². The number of anilines is 1. The topological polar surface area (TPSA) is 35.8 Å². The van der Waals surface area contributed by atoms with E-state index in [0.29, 0.717) is 5.69 Å². The van der Waals surface area contributed by atoms with E-state index in [1.54, 1.807) is 0 Å². The molecule has 2 aromatic carbocycles. The van der Waals surface area contributed by atoms with E-state index in [1.807, 2.05) is 38.1 Å². The van der Waals surface area contributed by atoms with E-state index in [1.165, 1.54) is 12.1 Å². The molecule has 0 radical (unpaired) electrons. The van der Waals surface area contributed by atoms with Crippen LogP contribution in [-0.4, -0.2) is 0 Å². The molecule has 2 nitrogen and oxygen atoms in total. The molecule has 0 heterocycles. The molecule has 0 aromatic heterocycles. The number of halogens is 2. The van der Waals surface area contributed by atoms with Gasteiger partial charge in [0.25, 0.3) is 0 Å². The van der Waals surface area contributed by atoms with Gasteiger partial charge < -0.3 is 5.32 Å². The van der Waals surface area contributed by atoms with Crippen LogP contribution in [0.1, 0.15) is 22.7 Å². The molecule has 102 valence electrons. The van der Waals surface area contributed by atoms with E-state index in [-0.39, 0.29) is 5.82 Å². The summed E-state index contributed by atoms with van der Waals surface area (Å²) in [5.74, 6) is -0.311. The summed E-state index contributed by atoms with van der Waals surface area (Å²) in [4.78, 5) is 0. The highest BCUT2D eigenvalue weighted by Crippen LogP contribution is 2.25. The van der Waals surface area contributed by atoms with Crippen LogP contribution in [0.25, 0.3) is 0 Å². The van der Waals surface area contributed by atoms with E-state index < -0.39 is 6.04 Å².